The monoisotopic (exact) mass is 494 g/mol. The Hall–Kier alpha value is -3.85. The Bertz CT molecular complexity index is 1350. The number of esters is 1. The Morgan fingerprint density at radius 1 is 1.00 bits per heavy atom. The van der Waals surface area contributed by atoms with Gasteiger partial charge in [0.05, 0.1) is 23.3 Å². The molecule has 0 saturated carbocycles. The smallest absolute Gasteiger partial charge is 0.338 e. The van der Waals surface area contributed by atoms with E-state index in [2.05, 4.69) is 0 Å². The highest BCUT2D eigenvalue weighted by Gasteiger charge is 2.30. The van der Waals surface area contributed by atoms with Crippen molar-refractivity contribution in [2.75, 3.05) is 29.9 Å². The Kier molecular flexibility index (Phi) is 6.79. The molecule has 182 valence electrons. The largest absolute Gasteiger partial charge is 0.497 e. The molecule has 0 aliphatic carbocycles. The Morgan fingerprint density at radius 3 is 2.43 bits per heavy atom. The lowest BCUT2D eigenvalue weighted by atomic mass is 10.2. The summed E-state index contributed by atoms with van der Waals surface area (Å²) in [4.78, 5) is 27.3. The second-order valence-corrected chi connectivity index (χ2v) is 10.1. The van der Waals surface area contributed by atoms with E-state index in [0.29, 0.717) is 18.0 Å². The van der Waals surface area contributed by atoms with E-state index < -0.39 is 22.1 Å². The molecule has 1 amide bonds. The zero-order valence-electron chi connectivity index (χ0n) is 19.7. The molecular formula is C26H26N2O6S. The third-order valence-corrected chi connectivity index (χ3v) is 7.73. The minimum Gasteiger partial charge on any atom is -0.497 e. The fourth-order valence-corrected chi connectivity index (χ4v) is 5.18. The van der Waals surface area contributed by atoms with Crippen LogP contribution in [-0.2, 0) is 26.0 Å². The molecule has 1 aliphatic rings. The van der Waals surface area contributed by atoms with Crippen LogP contribution < -0.4 is 13.9 Å². The van der Waals surface area contributed by atoms with Crippen molar-refractivity contribution in [2.24, 2.45) is 0 Å². The molecule has 35 heavy (non-hydrogen) atoms. The molecule has 8 nitrogen and oxygen atoms in total. The van der Waals surface area contributed by atoms with Gasteiger partial charge in [-0.25, -0.2) is 13.2 Å². The van der Waals surface area contributed by atoms with Gasteiger partial charge in [0.15, 0.2) is 6.10 Å². The number of ether oxygens (including phenoxy) is 2. The van der Waals surface area contributed by atoms with Crippen LogP contribution in [0.4, 0.5) is 11.4 Å². The van der Waals surface area contributed by atoms with Gasteiger partial charge in [-0.15, -0.1) is 0 Å². The van der Waals surface area contributed by atoms with Gasteiger partial charge in [0.1, 0.15) is 5.75 Å². The molecule has 1 heterocycles. The number of benzene rings is 3. The number of rotatable bonds is 7. The molecule has 3 aromatic rings. The number of amides is 1. The Balaban J connectivity index is 1.49. The van der Waals surface area contributed by atoms with Crippen molar-refractivity contribution in [1.82, 2.24) is 0 Å². The van der Waals surface area contributed by atoms with Gasteiger partial charge in [0.2, 0.25) is 0 Å². The van der Waals surface area contributed by atoms with Crippen LogP contribution in [-0.4, -0.2) is 47.1 Å². The van der Waals surface area contributed by atoms with E-state index in [0.717, 1.165) is 22.0 Å². The van der Waals surface area contributed by atoms with Crippen molar-refractivity contribution in [1.29, 1.82) is 0 Å². The van der Waals surface area contributed by atoms with E-state index in [-0.39, 0.29) is 16.4 Å². The van der Waals surface area contributed by atoms with Crippen LogP contribution >= 0.6 is 0 Å². The lowest BCUT2D eigenvalue weighted by Gasteiger charge is -2.22. The summed E-state index contributed by atoms with van der Waals surface area (Å²) in [7, 11) is -0.996. The van der Waals surface area contributed by atoms with Crippen LogP contribution in [0.3, 0.4) is 0 Å². The van der Waals surface area contributed by atoms with E-state index in [1.807, 2.05) is 24.3 Å². The van der Waals surface area contributed by atoms with Gasteiger partial charge in [0, 0.05) is 19.3 Å². The Labute approximate surface area is 204 Å². The molecule has 0 spiro atoms. The number of hydrogen-bond donors (Lipinski definition) is 0. The SMILES string of the molecule is COc1ccc(N(C)S(=O)(=O)c2cccc(C(=O)OC(C)C(=O)N3CCc4ccccc43)c2)cc1. The zero-order chi connectivity index (χ0) is 25.2. The summed E-state index contributed by atoms with van der Waals surface area (Å²) in [5.74, 6) is -0.501. The number of fused-ring (bicyclic) bond motifs is 1. The molecule has 0 aromatic heterocycles. The standard InChI is InChI=1S/C26H26N2O6S/c1-18(25(29)28-16-15-19-7-4-5-10-24(19)28)34-26(30)20-8-6-9-23(17-20)35(31,32)27(2)21-11-13-22(33-3)14-12-21/h4-14,17-18H,15-16H2,1-3H3. The van der Waals surface area contributed by atoms with Crippen molar-refractivity contribution in [3.8, 4) is 5.75 Å². The highest BCUT2D eigenvalue weighted by Crippen LogP contribution is 2.29. The van der Waals surface area contributed by atoms with Crippen molar-refractivity contribution >= 4 is 33.3 Å². The van der Waals surface area contributed by atoms with E-state index in [1.165, 1.54) is 45.3 Å². The summed E-state index contributed by atoms with van der Waals surface area (Å²) < 4.78 is 38.0. The number of hydrogen-bond acceptors (Lipinski definition) is 6. The van der Waals surface area contributed by atoms with Gasteiger partial charge >= 0.3 is 5.97 Å². The normalized spacial score (nSPS) is 13.6. The summed E-state index contributed by atoms with van der Waals surface area (Å²) in [6, 6.07) is 19.7. The first-order chi connectivity index (χ1) is 16.7. The molecule has 1 aliphatic heterocycles. The Morgan fingerprint density at radius 2 is 1.71 bits per heavy atom. The van der Waals surface area contributed by atoms with Crippen molar-refractivity contribution in [3.63, 3.8) is 0 Å². The van der Waals surface area contributed by atoms with Gasteiger partial charge in [0.25, 0.3) is 15.9 Å². The zero-order valence-corrected chi connectivity index (χ0v) is 20.5. The summed E-state index contributed by atoms with van der Waals surface area (Å²) in [5.41, 5.74) is 2.35. The summed E-state index contributed by atoms with van der Waals surface area (Å²) in [6.07, 6.45) is -0.291. The quantitative estimate of drug-likeness (QED) is 0.466. The fourth-order valence-electron chi connectivity index (χ4n) is 3.94. The lowest BCUT2D eigenvalue weighted by molar-refractivity contribution is -0.126. The number of anilines is 2. The van der Waals surface area contributed by atoms with Crippen LogP contribution in [0.25, 0.3) is 0 Å². The molecule has 4 rings (SSSR count). The van der Waals surface area contributed by atoms with Crippen molar-refractivity contribution in [3.05, 3.63) is 83.9 Å². The van der Waals surface area contributed by atoms with Gasteiger partial charge in [-0.3, -0.25) is 9.10 Å². The summed E-state index contributed by atoms with van der Waals surface area (Å²) in [6.45, 7) is 2.03. The van der Waals surface area contributed by atoms with E-state index in [4.69, 9.17) is 9.47 Å². The maximum absolute atomic E-state index is 13.2. The van der Waals surface area contributed by atoms with Crippen molar-refractivity contribution < 1.29 is 27.5 Å². The van der Waals surface area contributed by atoms with Gasteiger partial charge < -0.3 is 14.4 Å². The number of para-hydroxylation sites is 1. The maximum Gasteiger partial charge on any atom is 0.338 e. The molecule has 3 aromatic carbocycles. The minimum atomic E-state index is -3.95. The first-order valence-electron chi connectivity index (χ1n) is 11.1. The average Bonchev–Trinajstić information content (AvgIpc) is 3.32. The summed E-state index contributed by atoms with van der Waals surface area (Å²) in [5, 5.41) is 0. The predicted octanol–water partition coefficient (Wildman–Crippen LogP) is 3.65. The number of sulfonamides is 1. The first kappa shape index (κ1) is 24.3. The fraction of sp³-hybridized carbons (Fsp3) is 0.231. The third kappa shape index (κ3) is 4.85. The molecule has 0 fully saturated rings. The van der Waals surface area contributed by atoms with Crippen LogP contribution in [0, 0.1) is 0 Å². The second kappa shape index (κ2) is 9.79. The van der Waals surface area contributed by atoms with E-state index >= 15 is 0 Å². The number of carbonyl (C=O) groups is 2. The number of nitrogens with zero attached hydrogens (tertiary/aromatic N) is 2. The maximum atomic E-state index is 13.2. The molecule has 0 N–H and O–H groups in total. The van der Waals surface area contributed by atoms with Gasteiger partial charge in [-0.05, 0) is 67.4 Å². The molecule has 0 bridgehead atoms. The van der Waals surface area contributed by atoms with Crippen LogP contribution in [0.1, 0.15) is 22.8 Å². The lowest BCUT2D eigenvalue weighted by Crippen LogP contribution is -2.39. The molecule has 0 saturated heterocycles. The van der Waals surface area contributed by atoms with Crippen LogP contribution in [0.15, 0.2) is 77.7 Å². The summed E-state index contributed by atoms with van der Waals surface area (Å²) >= 11 is 0. The first-order valence-corrected chi connectivity index (χ1v) is 12.5. The van der Waals surface area contributed by atoms with Gasteiger partial charge in [-0.2, -0.15) is 0 Å². The van der Waals surface area contributed by atoms with Gasteiger partial charge in [-0.1, -0.05) is 24.3 Å². The average molecular weight is 495 g/mol. The molecular weight excluding hydrogens is 468 g/mol. The van der Waals surface area contributed by atoms with Crippen LogP contribution in [0.5, 0.6) is 5.75 Å². The van der Waals surface area contributed by atoms with E-state index in [9.17, 15) is 18.0 Å². The van der Waals surface area contributed by atoms with E-state index in [1.54, 1.807) is 29.2 Å². The minimum absolute atomic E-state index is 0.0377. The third-order valence-electron chi connectivity index (χ3n) is 5.95. The van der Waals surface area contributed by atoms with Crippen LogP contribution in [0.2, 0.25) is 0 Å². The predicted molar refractivity (Wildman–Crippen MR) is 132 cm³/mol. The highest BCUT2D eigenvalue weighted by atomic mass is 32.2. The molecule has 1 unspecified atom stereocenters. The topological polar surface area (TPSA) is 93.2 Å². The van der Waals surface area contributed by atoms with Crippen molar-refractivity contribution in [2.45, 2.75) is 24.3 Å². The number of methoxy groups -OCH3 is 1. The number of carbonyl (C=O) groups excluding carboxylic acids is 2. The molecule has 1 atom stereocenters. The highest BCUT2D eigenvalue weighted by molar-refractivity contribution is 7.92. The second-order valence-electron chi connectivity index (χ2n) is 8.11. The molecule has 0 radical (unpaired) electrons. The molecule has 9 heteroatoms.